The van der Waals surface area contributed by atoms with E-state index in [0.29, 0.717) is 34.7 Å². The standard InChI is InChI=1S/C11H13BrFNO2/c1-11(2,14)8-9(13)6(12)5-7-10(8)16-4-3-15-7/h5H,3-4,14H2,1-2H3. The van der Waals surface area contributed by atoms with Gasteiger partial charge in [-0.2, -0.15) is 0 Å². The average Bonchev–Trinajstić information content (AvgIpc) is 2.17. The van der Waals surface area contributed by atoms with Crippen molar-refractivity contribution in [2.75, 3.05) is 13.2 Å². The van der Waals surface area contributed by atoms with E-state index in [1.165, 1.54) is 0 Å². The summed E-state index contributed by atoms with van der Waals surface area (Å²) in [7, 11) is 0. The predicted molar refractivity (Wildman–Crippen MR) is 62.3 cm³/mol. The number of benzene rings is 1. The van der Waals surface area contributed by atoms with Crippen molar-refractivity contribution in [2.45, 2.75) is 19.4 Å². The van der Waals surface area contributed by atoms with Gasteiger partial charge in [0.1, 0.15) is 19.0 Å². The lowest BCUT2D eigenvalue weighted by molar-refractivity contribution is 0.166. The smallest absolute Gasteiger partial charge is 0.169 e. The molecule has 0 atom stereocenters. The maximum Gasteiger partial charge on any atom is 0.169 e. The Kier molecular flexibility index (Phi) is 2.84. The first kappa shape index (κ1) is 11.7. The van der Waals surface area contributed by atoms with Crippen LogP contribution in [-0.2, 0) is 5.54 Å². The van der Waals surface area contributed by atoms with E-state index in [1.54, 1.807) is 19.9 Å². The van der Waals surface area contributed by atoms with E-state index in [1.807, 2.05) is 0 Å². The summed E-state index contributed by atoms with van der Waals surface area (Å²) in [5.74, 6) is 0.559. The van der Waals surface area contributed by atoms with Crippen LogP contribution in [0.3, 0.4) is 0 Å². The van der Waals surface area contributed by atoms with Crippen molar-refractivity contribution in [1.29, 1.82) is 0 Å². The molecule has 0 aliphatic carbocycles. The van der Waals surface area contributed by atoms with Crippen molar-refractivity contribution in [2.24, 2.45) is 5.73 Å². The second-order valence-electron chi connectivity index (χ2n) is 4.29. The Labute approximate surface area is 102 Å². The highest BCUT2D eigenvalue weighted by atomic mass is 79.9. The van der Waals surface area contributed by atoms with E-state index < -0.39 is 11.4 Å². The van der Waals surface area contributed by atoms with Crippen LogP contribution in [0.25, 0.3) is 0 Å². The minimum absolute atomic E-state index is 0.338. The molecular weight excluding hydrogens is 277 g/mol. The maximum absolute atomic E-state index is 14.0. The molecule has 0 saturated heterocycles. The zero-order chi connectivity index (χ0) is 11.9. The van der Waals surface area contributed by atoms with E-state index in [4.69, 9.17) is 15.2 Å². The highest BCUT2D eigenvalue weighted by Crippen LogP contribution is 2.43. The normalized spacial score (nSPS) is 15.1. The van der Waals surface area contributed by atoms with Gasteiger partial charge in [0.15, 0.2) is 11.5 Å². The van der Waals surface area contributed by atoms with Gasteiger partial charge in [-0.15, -0.1) is 0 Å². The molecule has 0 saturated carbocycles. The van der Waals surface area contributed by atoms with Crippen LogP contribution >= 0.6 is 15.9 Å². The minimum atomic E-state index is -0.821. The number of ether oxygens (including phenoxy) is 2. The van der Waals surface area contributed by atoms with Gasteiger partial charge in [-0.3, -0.25) is 0 Å². The zero-order valence-corrected chi connectivity index (χ0v) is 10.7. The SMILES string of the molecule is CC(C)(N)c1c(F)c(Br)cc2c1OCCO2. The molecule has 5 heteroatoms. The van der Waals surface area contributed by atoms with E-state index in [9.17, 15) is 4.39 Å². The van der Waals surface area contributed by atoms with Gasteiger partial charge in [0.25, 0.3) is 0 Å². The number of fused-ring (bicyclic) bond motifs is 1. The molecule has 1 heterocycles. The summed E-state index contributed by atoms with van der Waals surface area (Å²) in [6, 6.07) is 1.57. The average molecular weight is 290 g/mol. The summed E-state index contributed by atoms with van der Waals surface area (Å²) >= 11 is 3.15. The van der Waals surface area contributed by atoms with Crippen molar-refractivity contribution in [3.8, 4) is 11.5 Å². The van der Waals surface area contributed by atoms with E-state index in [2.05, 4.69) is 15.9 Å². The topological polar surface area (TPSA) is 44.5 Å². The summed E-state index contributed by atoms with van der Waals surface area (Å²) in [6.45, 7) is 4.35. The fourth-order valence-corrected chi connectivity index (χ4v) is 2.11. The summed E-state index contributed by atoms with van der Waals surface area (Å²) < 4.78 is 25.2. The highest BCUT2D eigenvalue weighted by molar-refractivity contribution is 9.10. The molecule has 0 spiro atoms. The Balaban J connectivity index is 2.69. The Morgan fingerprint density at radius 1 is 1.38 bits per heavy atom. The lowest BCUT2D eigenvalue weighted by atomic mass is 9.93. The van der Waals surface area contributed by atoms with E-state index in [-0.39, 0.29) is 0 Å². The Hall–Kier alpha value is -0.810. The zero-order valence-electron chi connectivity index (χ0n) is 9.14. The van der Waals surface area contributed by atoms with Crippen LogP contribution in [0.15, 0.2) is 10.5 Å². The second-order valence-corrected chi connectivity index (χ2v) is 5.15. The molecule has 2 N–H and O–H groups in total. The van der Waals surface area contributed by atoms with Crippen molar-refractivity contribution in [3.05, 3.63) is 21.9 Å². The molecular formula is C11H13BrFNO2. The van der Waals surface area contributed by atoms with Crippen molar-refractivity contribution < 1.29 is 13.9 Å². The van der Waals surface area contributed by atoms with E-state index in [0.717, 1.165) is 0 Å². The van der Waals surface area contributed by atoms with Gasteiger partial charge < -0.3 is 15.2 Å². The molecule has 0 aromatic heterocycles. The molecule has 88 valence electrons. The van der Waals surface area contributed by atoms with Gasteiger partial charge >= 0.3 is 0 Å². The second kappa shape index (κ2) is 3.89. The summed E-state index contributed by atoms with van der Waals surface area (Å²) in [5.41, 5.74) is 5.48. The van der Waals surface area contributed by atoms with Crippen LogP contribution < -0.4 is 15.2 Å². The molecule has 1 aromatic carbocycles. The third kappa shape index (κ3) is 1.89. The van der Waals surface area contributed by atoms with Gasteiger partial charge in [-0.05, 0) is 29.8 Å². The van der Waals surface area contributed by atoms with Crippen LogP contribution in [0.5, 0.6) is 11.5 Å². The predicted octanol–water partition coefficient (Wildman–Crippen LogP) is 2.55. The number of hydrogen-bond donors (Lipinski definition) is 1. The quantitative estimate of drug-likeness (QED) is 0.864. The Morgan fingerprint density at radius 2 is 2.00 bits per heavy atom. The summed E-state index contributed by atoms with van der Waals surface area (Å²) in [5, 5.41) is 0. The highest BCUT2D eigenvalue weighted by Gasteiger charge is 2.30. The van der Waals surface area contributed by atoms with Crippen LogP contribution in [0.2, 0.25) is 0 Å². The minimum Gasteiger partial charge on any atom is -0.486 e. The molecule has 16 heavy (non-hydrogen) atoms. The first-order chi connectivity index (χ1) is 7.41. The van der Waals surface area contributed by atoms with Gasteiger partial charge in [-0.1, -0.05) is 0 Å². The van der Waals surface area contributed by atoms with Crippen LogP contribution in [0, 0.1) is 5.82 Å². The first-order valence-corrected chi connectivity index (χ1v) is 5.77. The fourth-order valence-electron chi connectivity index (χ4n) is 1.71. The molecule has 1 aliphatic rings. The van der Waals surface area contributed by atoms with Gasteiger partial charge in [0, 0.05) is 11.6 Å². The van der Waals surface area contributed by atoms with Crippen molar-refractivity contribution in [3.63, 3.8) is 0 Å². The number of halogens is 2. The molecule has 3 nitrogen and oxygen atoms in total. The fraction of sp³-hybridized carbons (Fsp3) is 0.455. The molecule has 2 rings (SSSR count). The van der Waals surface area contributed by atoms with E-state index >= 15 is 0 Å². The largest absolute Gasteiger partial charge is 0.486 e. The van der Waals surface area contributed by atoms with Gasteiger partial charge in [0.2, 0.25) is 0 Å². The lowest BCUT2D eigenvalue weighted by Crippen LogP contribution is -2.32. The van der Waals surface area contributed by atoms with Crippen molar-refractivity contribution >= 4 is 15.9 Å². The third-order valence-electron chi connectivity index (χ3n) is 2.37. The van der Waals surface area contributed by atoms with Gasteiger partial charge in [-0.25, -0.2) is 4.39 Å². The molecule has 0 amide bonds. The Morgan fingerprint density at radius 3 is 2.62 bits per heavy atom. The summed E-state index contributed by atoms with van der Waals surface area (Å²) in [4.78, 5) is 0. The number of hydrogen-bond acceptors (Lipinski definition) is 3. The monoisotopic (exact) mass is 289 g/mol. The Bertz CT molecular complexity index is 429. The molecule has 1 aliphatic heterocycles. The lowest BCUT2D eigenvalue weighted by Gasteiger charge is -2.28. The number of rotatable bonds is 1. The first-order valence-electron chi connectivity index (χ1n) is 4.98. The van der Waals surface area contributed by atoms with Crippen LogP contribution in [-0.4, -0.2) is 13.2 Å². The van der Waals surface area contributed by atoms with Gasteiger partial charge in [0.05, 0.1) is 10.0 Å². The molecule has 0 bridgehead atoms. The number of nitrogens with two attached hydrogens (primary N) is 1. The third-order valence-corrected chi connectivity index (χ3v) is 2.95. The van der Waals surface area contributed by atoms with Crippen LogP contribution in [0.4, 0.5) is 4.39 Å². The van der Waals surface area contributed by atoms with Crippen LogP contribution in [0.1, 0.15) is 19.4 Å². The summed E-state index contributed by atoms with van der Waals surface area (Å²) in [6.07, 6.45) is 0. The van der Waals surface area contributed by atoms with Crippen molar-refractivity contribution in [1.82, 2.24) is 0 Å². The molecule has 0 fully saturated rings. The molecule has 0 radical (unpaired) electrons. The molecule has 1 aromatic rings. The molecule has 0 unspecified atom stereocenters. The maximum atomic E-state index is 14.0.